The summed E-state index contributed by atoms with van der Waals surface area (Å²) in [6.45, 7) is 3.76. The van der Waals surface area contributed by atoms with Crippen molar-refractivity contribution in [3.8, 4) is 0 Å². The summed E-state index contributed by atoms with van der Waals surface area (Å²) in [6, 6.07) is 10.5. The molecule has 0 spiro atoms. The van der Waals surface area contributed by atoms with Crippen LogP contribution in [0.15, 0.2) is 41.9 Å². The lowest BCUT2D eigenvalue weighted by molar-refractivity contribution is 0.0777. The van der Waals surface area contributed by atoms with Crippen molar-refractivity contribution in [3.05, 3.63) is 52.5 Å². The van der Waals surface area contributed by atoms with Crippen molar-refractivity contribution in [3.63, 3.8) is 0 Å². The maximum atomic E-state index is 12.7. The Morgan fingerprint density at radius 1 is 1.21 bits per heavy atom. The number of nitrogens with zero attached hydrogens (tertiary/aromatic N) is 3. The van der Waals surface area contributed by atoms with E-state index in [1.807, 2.05) is 29.8 Å². The summed E-state index contributed by atoms with van der Waals surface area (Å²) in [4.78, 5) is 22.7. The van der Waals surface area contributed by atoms with Crippen LogP contribution >= 0.6 is 11.3 Å². The van der Waals surface area contributed by atoms with E-state index in [4.69, 9.17) is 0 Å². The van der Waals surface area contributed by atoms with Gasteiger partial charge in [-0.2, -0.15) is 0 Å². The van der Waals surface area contributed by atoms with E-state index in [0.717, 1.165) is 36.8 Å². The second-order valence-electron chi connectivity index (χ2n) is 6.80. The first-order valence-electron chi connectivity index (χ1n) is 8.78. The van der Waals surface area contributed by atoms with Gasteiger partial charge in [-0.15, -0.1) is 11.3 Å². The third-order valence-electron chi connectivity index (χ3n) is 5.26. The predicted octanol–water partition coefficient (Wildman–Crippen LogP) is 3.27. The summed E-state index contributed by atoms with van der Waals surface area (Å²) in [5, 5.41) is 1.98. The fourth-order valence-corrected chi connectivity index (χ4v) is 4.75. The number of fused-ring (bicyclic) bond motifs is 1. The highest BCUT2D eigenvalue weighted by molar-refractivity contribution is 7.12. The van der Waals surface area contributed by atoms with Crippen LogP contribution in [-0.4, -0.2) is 46.4 Å². The molecule has 2 fully saturated rings. The van der Waals surface area contributed by atoms with Gasteiger partial charge in [0.1, 0.15) is 0 Å². The van der Waals surface area contributed by atoms with Gasteiger partial charge in [0, 0.05) is 31.9 Å². The van der Waals surface area contributed by atoms with Gasteiger partial charge in [-0.05, 0) is 48.9 Å². The van der Waals surface area contributed by atoms with Crippen LogP contribution in [0, 0.1) is 5.92 Å². The molecular formula is C19H23N3OS. The van der Waals surface area contributed by atoms with Gasteiger partial charge in [-0.25, -0.2) is 0 Å². The Bertz CT molecular complexity index is 673. The number of carbonyl (C=O) groups is 1. The number of carbonyl (C=O) groups excluding carboxylic acids is 1. The number of thiophene rings is 1. The van der Waals surface area contributed by atoms with Crippen LogP contribution in [0.3, 0.4) is 0 Å². The highest BCUT2D eigenvalue weighted by Gasteiger charge is 2.39. The molecule has 2 saturated heterocycles. The van der Waals surface area contributed by atoms with E-state index >= 15 is 0 Å². The predicted molar refractivity (Wildman–Crippen MR) is 96.0 cm³/mol. The van der Waals surface area contributed by atoms with E-state index in [-0.39, 0.29) is 5.91 Å². The van der Waals surface area contributed by atoms with Crippen molar-refractivity contribution in [2.45, 2.75) is 31.8 Å². The van der Waals surface area contributed by atoms with E-state index in [1.165, 1.54) is 19.3 Å². The lowest BCUT2D eigenvalue weighted by Gasteiger charge is -2.29. The van der Waals surface area contributed by atoms with Gasteiger partial charge in [0.15, 0.2) is 0 Å². The summed E-state index contributed by atoms with van der Waals surface area (Å²) < 4.78 is 0. The van der Waals surface area contributed by atoms with Gasteiger partial charge in [0.05, 0.1) is 10.6 Å². The van der Waals surface area contributed by atoms with Crippen molar-refractivity contribution in [1.82, 2.24) is 14.8 Å². The normalized spacial score (nSPS) is 24.6. The van der Waals surface area contributed by atoms with Crippen molar-refractivity contribution in [2.24, 2.45) is 5.92 Å². The van der Waals surface area contributed by atoms with Gasteiger partial charge in [-0.3, -0.25) is 14.7 Å². The van der Waals surface area contributed by atoms with E-state index in [9.17, 15) is 4.79 Å². The average molecular weight is 341 g/mol. The summed E-state index contributed by atoms with van der Waals surface area (Å²) >= 11 is 1.54. The van der Waals surface area contributed by atoms with Crippen LogP contribution in [0.4, 0.5) is 0 Å². The van der Waals surface area contributed by atoms with Crippen LogP contribution in [0.5, 0.6) is 0 Å². The zero-order valence-corrected chi connectivity index (χ0v) is 14.6. The standard InChI is InChI=1S/C19H23N3OS/c23-19(18-8-5-11-24-18)22-12-15-6-2-4-10-21(17(15)14-22)13-16-7-1-3-9-20-16/h1,3,5,7-9,11,15,17H,2,4,6,10,12-14H2/t15-,17+/m0/s1. The topological polar surface area (TPSA) is 36.4 Å². The summed E-state index contributed by atoms with van der Waals surface area (Å²) in [5.41, 5.74) is 1.13. The van der Waals surface area contributed by atoms with Crippen LogP contribution in [0.2, 0.25) is 0 Å². The van der Waals surface area contributed by atoms with Crippen LogP contribution in [0.1, 0.15) is 34.6 Å². The zero-order valence-electron chi connectivity index (χ0n) is 13.8. The first-order valence-corrected chi connectivity index (χ1v) is 9.66. The summed E-state index contributed by atoms with van der Waals surface area (Å²) in [6.07, 6.45) is 5.61. The Morgan fingerprint density at radius 3 is 2.96 bits per heavy atom. The SMILES string of the molecule is O=C(c1cccs1)N1C[C@@H]2CCCCN(Cc3ccccn3)[C@@H]2C1. The second kappa shape index (κ2) is 7.03. The molecule has 0 bridgehead atoms. The Balaban J connectivity index is 1.49. The number of amides is 1. The number of pyridine rings is 1. The molecule has 0 N–H and O–H groups in total. The van der Waals surface area contributed by atoms with Crippen LogP contribution in [-0.2, 0) is 6.54 Å². The molecule has 2 aromatic heterocycles. The molecule has 0 unspecified atom stereocenters. The average Bonchev–Trinajstić information content (AvgIpc) is 3.25. The molecule has 0 aliphatic carbocycles. The highest BCUT2D eigenvalue weighted by Crippen LogP contribution is 2.32. The number of aromatic nitrogens is 1. The monoisotopic (exact) mass is 341 g/mol. The number of hydrogen-bond donors (Lipinski definition) is 0. The van der Waals surface area contributed by atoms with Crippen molar-refractivity contribution in [2.75, 3.05) is 19.6 Å². The van der Waals surface area contributed by atoms with Gasteiger partial charge in [0.25, 0.3) is 5.91 Å². The first-order chi connectivity index (χ1) is 11.8. The quantitative estimate of drug-likeness (QED) is 0.860. The summed E-state index contributed by atoms with van der Waals surface area (Å²) in [7, 11) is 0. The minimum absolute atomic E-state index is 0.204. The third kappa shape index (κ3) is 3.23. The minimum atomic E-state index is 0.204. The molecule has 0 saturated carbocycles. The molecule has 0 aromatic carbocycles. The maximum Gasteiger partial charge on any atom is 0.263 e. The molecule has 24 heavy (non-hydrogen) atoms. The van der Waals surface area contributed by atoms with E-state index < -0.39 is 0 Å². The van der Waals surface area contributed by atoms with Gasteiger partial charge >= 0.3 is 0 Å². The molecule has 2 atom stereocenters. The Kier molecular flexibility index (Phi) is 4.63. The number of rotatable bonds is 3. The third-order valence-corrected chi connectivity index (χ3v) is 6.11. The Morgan fingerprint density at radius 2 is 2.17 bits per heavy atom. The summed E-state index contributed by atoms with van der Waals surface area (Å²) in [5.74, 6) is 0.802. The maximum absolute atomic E-state index is 12.7. The van der Waals surface area contributed by atoms with Crippen molar-refractivity contribution in [1.29, 1.82) is 0 Å². The number of likely N-dealkylation sites (tertiary alicyclic amines) is 2. The molecule has 4 nitrogen and oxygen atoms in total. The highest BCUT2D eigenvalue weighted by atomic mass is 32.1. The second-order valence-corrected chi connectivity index (χ2v) is 7.75. The fraction of sp³-hybridized carbons (Fsp3) is 0.474. The molecule has 126 valence electrons. The van der Waals surface area contributed by atoms with E-state index in [2.05, 4.69) is 26.9 Å². The van der Waals surface area contributed by atoms with E-state index in [1.54, 1.807) is 11.3 Å². The molecule has 5 heteroatoms. The van der Waals surface area contributed by atoms with Gasteiger partial charge in [-0.1, -0.05) is 18.6 Å². The Labute approximate surface area is 147 Å². The van der Waals surface area contributed by atoms with Crippen LogP contribution in [0.25, 0.3) is 0 Å². The fourth-order valence-electron chi connectivity index (χ4n) is 4.06. The molecule has 4 rings (SSSR count). The molecular weight excluding hydrogens is 318 g/mol. The van der Waals surface area contributed by atoms with E-state index in [0.29, 0.717) is 12.0 Å². The lowest BCUT2D eigenvalue weighted by atomic mass is 9.98. The van der Waals surface area contributed by atoms with Crippen LogP contribution < -0.4 is 0 Å². The van der Waals surface area contributed by atoms with Gasteiger partial charge in [0.2, 0.25) is 0 Å². The van der Waals surface area contributed by atoms with Crippen molar-refractivity contribution < 1.29 is 4.79 Å². The lowest BCUT2D eigenvalue weighted by Crippen LogP contribution is -2.40. The Hall–Kier alpha value is -1.72. The molecule has 4 heterocycles. The molecule has 2 aliphatic heterocycles. The zero-order chi connectivity index (χ0) is 16.4. The molecule has 2 aliphatic rings. The molecule has 0 radical (unpaired) electrons. The molecule has 2 aromatic rings. The number of hydrogen-bond acceptors (Lipinski definition) is 4. The molecule has 1 amide bonds. The van der Waals surface area contributed by atoms with Crippen molar-refractivity contribution >= 4 is 17.2 Å². The largest absolute Gasteiger partial charge is 0.336 e. The smallest absolute Gasteiger partial charge is 0.263 e. The van der Waals surface area contributed by atoms with Gasteiger partial charge < -0.3 is 4.90 Å². The first kappa shape index (κ1) is 15.8. The minimum Gasteiger partial charge on any atom is -0.336 e.